The van der Waals surface area contributed by atoms with Gasteiger partial charge in [-0.3, -0.25) is 4.90 Å². The molecule has 2 aliphatic rings. The number of nitrogens with two attached hydrogens (primary N) is 1. The topological polar surface area (TPSA) is 54.5 Å². The standard InChI is InChI=1S/C62H47N3O/c63-61(64-62-60(46-30-28-45(29-31-46)43-14-5-2-6-15-43)65(62)40-41-24-26-44(27-25-41)42-12-3-1-4-13-42)55-23-11-22-51(36-55)49-20-9-18-47(34-49)48-19-10-21-50(35-48)54-32-33-56-57-37-52-16-7-8-17-53(52)38-59(57)66-58(56)39-54/h1-24,26-39,41,60,62H,25,40H2,(H2,63,64). The molecule has 10 aromatic rings. The average molecular weight is 850 g/mol. The molecule has 0 spiro atoms. The predicted molar refractivity (Wildman–Crippen MR) is 275 cm³/mol. The van der Waals surface area contributed by atoms with Gasteiger partial charge in [0.15, 0.2) is 0 Å². The maximum atomic E-state index is 6.97. The molecule has 2 N–H and O–H groups in total. The summed E-state index contributed by atoms with van der Waals surface area (Å²) in [4.78, 5) is 7.76. The van der Waals surface area contributed by atoms with Gasteiger partial charge in [0, 0.05) is 22.9 Å². The minimum Gasteiger partial charge on any atom is -0.456 e. The summed E-state index contributed by atoms with van der Waals surface area (Å²) in [5, 5.41) is 4.67. The van der Waals surface area contributed by atoms with Gasteiger partial charge < -0.3 is 10.2 Å². The zero-order valence-electron chi connectivity index (χ0n) is 36.5. The van der Waals surface area contributed by atoms with Crippen molar-refractivity contribution in [1.29, 1.82) is 0 Å². The summed E-state index contributed by atoms with van der Waals surface area (Å²) in [5.41, 5.74) is 22.7. The van der Waals surface area contributed by atoms with Crippen molar-refractivity contribution in [3.63, 3.8) is 0 Å². The molecular formula is C62H47N3O. The van der Waals surface area contributed by atoms with Crippen molar-refractivity contribution in [1.82, 2.24) is 4.90 Å². The van der Waals surface area contributed by atoms with Gasteiger partial charge in [-0.05, 0) is 127 Å². The van der Waals surface area contributed by atoms with Crippen LogP contribution in [0.3, 0.4) is 0 Å². The molecule has 1 aromatic heterocycles. The highest BCUT2D eigenvalue weighted by atomic mass is 16.3. The van der Waals surface area contributed by atoms with Gasteiger partial charge in [-0.2, -0.15) is 0 Å². The van der Waals surface area contributed by atoms with Crippen molar-refractivity contribution in [3.05, 3.63) is 247 Å². The SMILES string of the molecule is N/C(=N\C1C(c2ccc(-c3ccccc3)cc2)N1CC1C=CC(c2ccccc2)=CC1)c1cccc(-c2cccc(-c3cccc(-c4ccc5c(c4)oc4cc6ccccc6cc45)c3)c2)c1. The summed E-state index contributed by atoms with van der Waals surface area (Å²) in [6, 6.07) is 75.8. The van der Waals surface area contributed by atoms with Crippen LogP contribution < -0.4 is 5.73 Å². The van der Waals surface area contributed by atoms with Crippen LogP contribution in [0, 0.1) is 5.92 Å². The van der Waals surface area contributed by atoms with Crippen molar-refractivity contribution in [2.45, 2.75) is 18.6 Å². The molecular weight excluding hydrogens is 803 g/mol. The second-order valence-electron chi connectivity index (χ2n) is 17.7. The fourth-order valence-corrected chi connectivity index (χ4v) is 9.88. The first-order valence-corrected chi connectivity index (χ1v) is 22.9. The Labute approximate surface area is 385 Å². The lowest BCUT2D eigenvalue weighted by atomic mass is 9.93. The summed E-state index contributed by atoms with van der Waals surface area (Å²) < 4.78 is 6.42. The van der Waals surface area contributed by atoms with Gasteiger partial charge in [-0.25, -0.2) is 4.99 Å². The second kappa shape index (κ2) is 16.8. The third-order valence-corrected chi connectivity index (χ3v) is 13.5. The van der Waals surface area contributed by atoms with Gasteiger partial charge in [0.25, 0.3) is 0 Å². The molecule has 0 radical (unpaired) electrons. The van der Waals surface area contributed by atoms with E-state index in [0.29, 0.717) is 11.8 Å². The van der Waals surface area contributed by atoms with Crippen molar-refractivity contribution < 1.29 is 4.42 Å². The molecule has 1 aliphatic heterocycles. The van der Waals surface area contributed by atoms with E-state index in [1.807, 2.05) is 0 Å². The molecule has 0 bridgehead atoms. The molecule has 316 valence electrons. The molecule has 1 aliphatic carbocycles. The van der Waals surface area contributed by atoms with Crippen LogP contribution in [0.2, 0.25) is 0 Å². The molecule has 4 atom stereocenters. The summed E-state index contributed by atoms with van der Waals surface area (Å²) in [6.45, 7) is 0.904. The first kappa shape index (κ1) is 39.5. The van der Waals surface area contributed by atoms with E-state index >= 15 is 0 Å². The normalized spacial score (nSPS) is 18.2. The maximum Gasteiger partial charge on any atom is 0.136 e. The second-order valence-corrected chi connectivity index (χ2v) is 17.7. The predicted octanol–water partition coefficient (Wildman–Crippen LogP) is 15.2. The molecule has 0 saturated carbocycles. The highest BCUT2D eigenvalue weighted by Crippen LogP contribution is 2.46. The Morgan fingerprint density at radius 1 is 0.500 bits per heavy atom. The fraction of sp³-hybridized carbons (Fsp3) is 0.0806. The number of hydrogen-bond donors (Lipinski definition) is 1. The van der Waals surface area contributed by atoms with Crippen molar-refractivity contribution in [3.8, 4) is 44.5 Å². The van der Waals surface area contributed by atoms with Gasteiger partial charge in [-0.15, -0.1) is 0 Å². The van der Waals surface area contributed by atoms with E-state index in [4.69, 9.17) is 15.1 Å². The first-order valence-electron chi connectivity index (χ1n) is 22.9. The van der Waals surface area contributed by atoms with E-state index < -0.39 is 0 Å². The minimum atomic E-state index is -0.0487. The summed E-state index contributed by atoms with van der Waals surface area (Å²) in [7, 11) is 0. The number of benzene rings is 9. The molecule has 4 unspecified atom stereocenters. The van der Waals surface area contributed by atoms with E-state index in [1.54, 1.807) is 0 Å². The van der Waals surface area contributed by atoms with E-state index in [9.17, 15) is 0 Å². The lowest BCUT2D eigenvalue weighted by molar-refractivity contribution is 0.418. The van der Waals surface area contributed by atoms with Crippen molar-refractivity contribution in [2.24, 2.45) is 16.6 Å². The van der Waals surface area contributed by atoms with Crippen LogP contribution in [-0.2, 0) is 0 Å². The average Bonchev–Trinajstić information content (AvgIpc) is 3.93. The quantitative estimate of drug-likeness (QED) is 0.0847. The van der Waals surface area contributed by atoms with E-state index in [-0.39, 0.29) is 12.2 Å². The highest BCUT2D eigenvalue weighted by Gasteiger charge is 2.49. The van der Waals surface area contributed by atoms with Crippen LogP contribution in [0.4, 0.5) is 0 Å². The Morgan fingerprint density at radius 2 is 1.05 bits per heavy atom. The number of hydrogen-bond acceptors (Lipinski definition) is 3. The van der Waals surface area contributed by atoms with Gasteiger partial charge in [0.2, 0.25) is 0 Å². The molecule has 1 fully saturated rings. The van der Waals surface area contributed by atoms with Gasteiger partial charge in [0.05, 0.1) is 6.04 Å². The maximum absolute atomic E-state index is 6.97. The third-order valence-electron chi connectivity index (χ3n) is 13.5. The zero-order chi connectivity index (χ0) is 44.0. The van der Waals surface area contributed by atoms with Crippen LogP contribution in [0.1, 0.15) is 29.2 Å². The van der Waals surface area contributed by atoms with Crippen LogP contribution in [-0.4, -0.2) is 23.4 Å². The molecule has 2 heterocycles. The van der Waals surface area contributed by atoms with Crippen LogP contribution in [0.15, 0.2) is 240 Å². The summed E-state index contributed by atoms with van der Waals surface area (Å²) in [6.07, 6.45) is 7.97. The molecule has 0 amide bonds. The Balaban J connectivity index is 0.798. The number of amidine groups is 1. The Hall–Kier alpha value is -8.05. The number of fused-ring (bicyclic) bond motifs is 4. The largest absolute Gasteiger partial charge is 0.456 e. The fourth-order valence-electron chi connectivity index (χ4n) is 9.88. The minimum absolute atomic E-state index is 0.0487. The molecule has 66 heavy (non-hydrogen) atoms. The van der Waals surface area contributed by atoms with E-state index in [2.05, 4.69) is 235 Å². The van der Waals surface area contributed by atoms with Gasteiger partial charge in [0.1, 0.15) is 23.2 Å². The van der Waals surface area contributed by atoms with E-state index in [1.165, 1.54) is 38.6 Å². The molecule has 4 nitrogen and oxygen atoms in total. The molecule has 1 saturated heterocycles. The Bertz CT molecular complexity index is 3510. The zero-order valence-corrected chi connectivity index (χ0v) is 36.5. The molecule has 4 heteroatoms. The molecule has 9 aromatic carbocycles. The summed E-state index contributed by atoms with van der Waals surface area (Å²) >= 11 is 0. The molecule has 12 rings (SSSR count). The van der Waals surface area contributed by atoms with Crippen LogP contribution in [0.5, 0.6) is 0 Å². The number of furan rings is 1. The van der Waals surface area contributed by atoms with Gasteiger partial charge in [-0.1, -0.05) is 188 Å². The van der Waals surface area contributed by atoms with Crippen molar-refractivity contribution in [2.75, 3.05) is 6.54 Å². The van der Waals surface area contributed by atoms with Crippen LogP contribution in [0.25, 0.3) is 82.8 Å². The summed E-state index contributed by atoms with van der Waals surface area (Å²) in [5.74, 6) is 0.946. The third kappa shape index (κ3) is 7.72. The monoisotopic (exact) mass is 849 g/mol. The Morgan fingerprint density at radius 3 is 1.71 bits per heavy atom. The number of nitrogens with zero attached hydrogens (tertiary/aromatic N) is 2. The van der Waals surface area contributed by atoms with Gasteiger partial charge >= 0.3 is 0 Å². The van der Waals surface area contributed by atoms with E-state index in [0.717, 1.165) is 73.8 Å². The Kier molecular flexibility index (Phi) is 10.1. The first-order chi connectivity index (χ1) is 32.6. The van der Waals surface area contributed by atoms with Crippen molar-refractivity contribution >= 4 is 44.1 Å². The lowest BCUT2D eigenvalue weighted by Crippen LogP contribution is -2.18. The number of rotatable bonds is 10. The highest BCUT2D eigenvalue weighted by molar-refractivity contribution is 6.10. The van der Waals surface area contributed by atoms with Crippen LogP contribution >= 0.6 is 0 Å². The smallest absolute Gasteiger partial charge is 0.136 e. The lowest BCUT2D eigenvalue weighted by Gasteiger charge is -2.17. The number of aliphatic imine (C=N–C) groups is 1. The number of allylic oxidation sites excluding steroid dienone is 3.